The van der Waals surface area contributed by atoms with Crippen molar-refractivity contribution >= 4 is 0 Å². The highest BCUT2D eigenvalue weighted by atomic mass is 13.9. The summed E-state index contributed by atoms with van der Waals surface area (Å²) >= 11 is 0. The molecule has 0 heterocycles. The Morgan fingerprint density at radius 3 is 2.09 bits per heavy atom. The van der Waals surface area contributed by atoms with Crippen molar-refractivity contribution in [2.24, 2.45) is 0 Å². The summed E-state index contributed by atoms with van der Waals surface area (Å²) in [6.45, 7) is 12.3. The van der Waals surface area contributed by atoms with E-state index in [4.69, 9.17) is 0 Å². The quantitative estimate of drug-likeness (QED) is 0.536. The van der Waals surface area contributed by atoms with E-state index in [0.717, 1.165) is 12.0 Å². The molecule has 0 aromatic carbocycles. The second-order valence-corrected chi connectivity index (χ2v) is 3.00. The molecule has 62 valence electrons. The van der Waals surface area contributed by atoms with Crippen molar-refractivity contribution in [2.75, 3.05) is 0 Å². The van der Waals surface area contributed by atoms with Crippen LogP contribution in [-0.2, 0) is 0 Å². The minimum absolute atomic E-state index is 1.12. The molecule has 0 aliphatic carbocycles. The molecule has 0 unspecified atom stereocenters. The zero-order valence-corrected chi connectivity index (χ0v) is 8.07. The van der Waals surface area contributed by atoms with E-state index in [9.17, 15) is 0 Å². The van der Waals surface area contributed by atoms with Crippen LogP contribution in [0.2, 0.25) is 0 Å². The first-order valence-corrected chi connectivity index (χ1v) is 4.07. The normalized spacial score (nSPS) is 13.5. The molecular weight excluding hydrogens is 132 g/mol. The Kier molecular flexibility index (Phi) is 4.60. The van der Waals surface area contributed by atoms with E-state index in [1.165, 1.54) is 11.1 Å². The smallest absolute Gasteiger partial charge is 0.0349 e. The molecule has 0 bridgehead atoms. The van der Waals surface area contributed by atoms with E-state index in [-0.39, 0.29) is 0 Å². The van der Waals surface area contributed by atoms with Gasteiger partial charge in [-0.15, -0.1) is 0 Å². The lowest BCUT2D eigenvalue weighted by Crippen LogP contribution is -1.75. The molecule has 0 fully saturated rings. The van der Waals surface area contributed by atoms with E-state index in [0.29, 0.717) is 0 Å². The van der Waals surface area contributed by atoms with Gasteiger partial charge < -0.3 is 0 Å². The second kappa shape index (κ2) is 4.95. The number of hydrogen-bond donors (Lipinski definition) is 0. The summed E-state index contributed by atoms with van der Waals surface area (Å²) in [6.07, 6.45) is 5.41. The Morgan fingerprint density at radius 1 is 1.18 bits per heavy atom. The molecular formula is C11H18. The zero-order valence-electron chi connectivity index (χ0n) is 8.07. The molecule has 0 saturated heterocycles. The second-order valence-electron chi connectivity index (χ2n) is 3.00. The summed E-state index contributed by atoms with van der Waals surface area (Å²) in [6, 6.07) is 0. The van der Waals surface area contributed by atoms with Crippen LogP contribution in [0.25, 0.3) is 0 Å². The molecule has 0 rings (SSSR count). The molecule has 0 saturated carbocycles. The molecule has 0 nitrogen and oxygen atoms in total. The fraction of sp³-hybridized carbons (Fsp3) is 0.455. The predicted octanol–water partition coefficient (Wildman–Crippen LogP) is 3.87. The lowest BCUT2D eigenvalue weighted by atomic mass is 10.1. The summed E-state index contributed by atoms with van der Waals surface area (Å²) in [5.74, 6) is 0. The largest absolute Gasteiger partial charge is 0.0958 e. The molecule has 0 aromatic heterocycles. The van der Waals surface area contributed by atoms with Gasteiger partial charge in [0.05, 0.1) is 0 Å². The maximum Gasteiger partial charge on any atom is -0.0349 e. The highest BCUT2D eigenvalue weighted by molar-refractivity contribution is 5.28. The fourth-order valence-corrected chi connectivity index (χ4v) is 0.527. The van der Waals surface area contributed by atoms with Crippen molar-refractivity contribution in [3.05, 3.63) is 35.5 Å². The van der Waals surface area contributed by atoms with Crippen molar-refractivity contribution in [3.8, 4) is 0 Å². The maximum atomic E-state index is 3.86. The van der Waals surface area contributed by atoms with Gasteiger partial charge in [0.15, 0.2) is 0 Å². The lowest BCUT2D eigenvalue weighted by Gasteiger charge is -1.96. The van der Waals surface area contributed by atoms with Gasteiger partial charge in [-0.25, -0.2) is 0 Å². The minimum atomic E-state index is 1.12. The van der Waals surface area contributed by atoms with Gasteiger partial charge in [-0.3, -0.25) is 0 Å². The highest BCUT2D eigenvalue weighted by Gasteiger charge is 1.86. The first-order valence-electron chi connectivity index (χ1n) is 4.07. The van der Waals surface area contributed by atoms with Gasteiger partial charge >= 0.3 is 0 Å². The van der Waals surface area contributed by atoms with Crippen molar-refractivity contribution in [2.45, 2.75) is 34.1 Å². The molecule has 0 N–H and O–H groups in total. The predicted molar refractivity (Wildman–Crippen MR) is 52.6 cm³/mol. The zero-order chi connectivity index (χ0) is 8.85. The average Bonchev–Trinajstić information content (AvgIpc) is 1.99. The van der Waals surface area contributed by atoms with Crippen LogP contribution in [0, 0.1) is 0 Å². The Bertz CT molecular complexity index is 192. The molecule has 0 atom stereocenters. The maximum absolute atomic E-state index is 3.86. The fourth-order valence-electron chi connectivity index (χ4n) is 0.527. The summed E-state index contributed by atoms with van der Waals surface area (Å²) in [5.41, 5.74) is 3.81. The van der Waals surface area contributed by atoms with Gasteiger partial charge in [0, 0.05) is 0 Å². The molecule has 0 heteroatoms. The average molecular weight is 150 g/mol. The van der Waals surface area contributed by atoms with Crippen molar-refractivity contribution < 1.29 is 0 Å². The van der Waals surface area contributed by atoms with Gasteiger partial charge in [-0.2, -0.15) is 0 Å². The molecule has 0 spiro atoms. The van der Waals surface area contributed by atoms with E-state index >= 15 is 0 Å². The molecule has 0 aromatic rings. The third kappa shape index (κ3) is 4.60. The van der Waals surface area contributed by atoms with Crippen molar-refractivity contribution in [1.29, 1.82) is 0 Å². The van der Waals surface area contributed by atoms with Crippen LogP contribution in [0.15, 0.2) is 35.5 Å². The van der Waals surface area contributed by atoms with Gasteiger partial charge in [0.25, 0.3) is 0 Å². The van der Waals surface area contributed by atoms with Gasteiger partial charge in [-0.1, -0.05) is 36.8 Å². The van der Waals surface area contributed by atoms with Crippen LogP contribution in [0.3, 0.4) is 0 Å². The monoisotopic (exact) mass is 150 g/mol. The summed E-state index contributed by atoms with van der Waals surface area (Å²) in [4.78, 5) is 0. The third-order valence-corrected chi connectivity index (χ3v) is 1.85. The first-order chi connectivity index (χ1) is 5.07. The molecule has 0 aliphatic heterocycles. The van der Waals surface area contributed by atoms with Crippen LogP contribution in [-0.4, -0.2) is 0 Å². The summed E-state index contributed by atoms with van der Waals surface area (Å²) < 4.78 is 0. The number of allylic oxidation sites excluding steroid dienone is 5. The summed E-state index contributed by atoms with van der Waals surface area (Å²) in [5, 5.41) is 0. The number of rotatable bonds is 3. The number of hydrogen-bond acceptors (Lipinski definition) is 0. The van der Waals surface area contributed by atoms with E-state index < -0.39 is 0 Å². The standard InChI is InChI=1S/C11H18/c1-6-10(4)7-8-11(5)9(2)3/h7-8H,2,6H2,1,3-5H3/b10-7-,11-8-. The Labute approximate surface area is 70.3 Å². The Hall–Kier alpha value is -0.780. The van der Waals surface area contributed by atoms with Gasteiger partial charge in [0.1, 0.15) is 0 Å². The third-order valence-electron chi connectivity index (χ3n) is 1.85. The molecule has 0 aliphatic rings. The molecule has 0 amide bonds. The molecule has 0 radical (unpaired) electrons. The Balaban J connectivity index is 4.22. The highest BCUT2D eigenvalue weighted by Crippen LogP contribution is 2.06. The lowest BCUT2D eigenvalue weighted by molar-refractivity contribution is 1.10. The van der Waals surface area contributed by atoms with Gasteiger partial charge in [-0.05, 0) is 32.8 Å². The Morgan fingerprint density at radius 2 is 1.73 bits per heavy atom. The van der Waals surface area contributed by atoms with E-state index in [2.05, 4.69) is 39.5 Å². The van der Waals surface area contributed by atoms with Crippen LogP contribution in [0.4, 0.5) is 0 Å². The van der Waals surface area contributed by atoms with Gasteiger partial charge in [0.2, 0.25) is 0 Å². The SMILES string of the molecule is C=C(C)/C(C)=C\C=C(\C)CC. The topological polar surface area (TPSA) is 0 Å². The van der Waals surface area contributed by atoms with Crippen molar-refractivity contribution in [3.63, 3.8) is 0 Å². The summed E-state index contributed by atoms with van der Waals surface area (Å²) in [7, 11) is 0. The minimum Gasteiger partial charge on any atom is -0.0958 e. The van der Waals surface area contributed by atoms with Crippen molar-refractivity contribution in [1.82, 2.24) is 0 Å². The van der Waals surface area contributed by atoms with Crippen LogP contribution in [0.5, 0.6) is 0 Å². The van der Waals surface area contributed by atoms with E-state index in [1.54, 1.807) is 0 Å². The first kappa shape index (κ1) is 10.2. The van der Waals surface area contributed by atoms with Crippen LogP contribution < -0.4 is 0 Å². The van der Waals surface area contributed by atoms with Crippen LogP contribution in [0.1, 0.15) is 34.1 Å². The van der Waals surface area contributed by atoms with E-state index in [1.807, 2.05) is 6.92 Å². The van der Waals surface area contributed by atoms with Crippen LogP contribution >= 0.6 is 0 Å². The molecule has 11 heavy (non-hydrogen) atoms.